The van der Waals surface area contributed by atoms with E-state index in [1.807, 2.05) is 0 Å². The Morgan fingerprint density at radius 3 is 0.981 bits per heavy atom. The van der Waals surface area contributed by atoms with Crippen LogP contribution in [0.3, 0.4) is 0 Å². The van der Waals surface area contributed by atoms with Crippen LogP contribution in [0, 0.1) is 0 Å². The third kappa shape index (κ3) is 7.27. The van der Waals surface area contributed by atoms with Gasteiger partial charge < -0.3 is 14.7 Å². The summed E-state index contributed by atoms with van der Waals surface area (Å²) in [6.45, 7) is -6.58. The molecule has 0 aliphatic carbocycles. The fourth-order valence-electron chi connectivity index (χ4n) is 3.78. The lowest BCUT2D eigenvalue weighted by Crippen LogP contribution is -2.78. The molecule has 0 unspecified atom stereocenters. The van der Waals surface area contributed by atoms with Gasteiger partial charge in [-0.2, -0.15) is 114 Å². The molecule has 0 bridgehead atoms. The minimum atomic E-state index is -9.78. The van der Waals surface area contributed by atoms with Gasteiger partial charge in [0, 0.05) is 19.5 Å². The lowest BCUT2D eigenvalue weighted by molar-refractivity contribution is -0.890. The molecule has 53 heavy (non-hydrogen) atoms. The average molecular weight is 873 g/mol. The second-order valence-corrected chi connectivity index (χ2v) is 13.3. The van der Waals surface area contributed by atoms with E-state index in [4.69, 9.17) is 10.2 Å². The summed E-state index contributed by atoms with van der Waals surface area (Å²) in [5.41, 5.74) is 0. The van der Waals surface area contributed by atoms with E-state index in [0.29, 0.717) is 0 Å². The van der Waals surface area contributed by atoms with Crippen LogP contribution >= 0.6 is 0 Å². The lowest BCUT2D eigenvalue weighted by atomic mass is 9.85. The second kappa shape index (κ2) is 14.2. The summed E-state index contributed by atoms with van der Waals surface area (Å²) in [4.78, 5) is 0. The Morgan fingerprint density at radius 1 is 0.434 bits per heavy atom. The number of aliphatic hydroxyl groups excluding tert-OH is 2. The maximum atomic E-state index is 14.6. The highest BCUT2D eigenvalue weighted by Crippen LogP contribution is 2.68. The van der Waals surface area contributed by atoms with E-state index in [0.717, 1.165) is 0 Å². The Balaban J connectivity index is 7.37. The number of rotatable bonds is 20. The first-order chi connectivity index (χ1) is 22.7. The number of hydrogen-bond donors (Lipinski definition) is 2. The Morgan fingerprint density at radius 2 is 0.717 bits per heavy atom. The summed E-state index contributed by atoms with van der Waals surface area (Å²) in [5, 5.41) is 9.73. The van der Waals surface area contributed by atoms with Crippen LogP contribution in [-0.4, -0.2) is 152 Å². The van der Waals surface area contributed by atoms with Crippen LogP contribution in [0.4, 0.5) is 110 Å². The number of nitrogens with zero attached hydrogens (tertiary/aromatic N) is 2. The Hall–Kier alpha value is -1.96. The van der Waals surface area contributed by atoms with Crippen molar-refractivity contribution in [3.8, 4) is 0 Å². The normalized spacial score (nSPS) is 16.5. The molecular weight excluding hydrogens is 851 g/mol. The van der Waals surface area contributed by atoms with Crippen LogP contribution in [0.15, 0.2) is 0 Å². The van der Waals surface area contributed by atoms with Gasteiger partial charge in [-0.25, -0.2) is 8.42 Å². The molecule has 2 N–H and O–H groups in total. The van der Waals surface area contributed by atoms with Gasteiger partial charge in [0.1, 0.15) is 6.54 Å². The highest BCUT2D eigenvalue weighted by atomic mass is 32.2. The fourth-order valence-corrected chi connectivity index (χ4v) is 5.25. The Bertz CT molecular complexity index is 1380. The minimum Gasteiger partial charge on any atom is -0.395 e. The molecule has 0 saturated heterocycles. The SMILES string of the molecule is C[N+](C)(CCO)CCCN(CCO)S(=O)(=O)C(F)(F)C(F)(F)C(F)(F)C(F)(F)C(F)(F)C(F)(F)C(F)(F)C(F)(F)C(F)(F)C(F)(F)C(F)(F)C(F)(F)F. The zero-order valence-corrected chi connectivity index (χ0v) is 26.2. The molecule has 0 atom stereocenters. The number of alkyl halides is 25. The zero-order valence-electron chi connectivity index (χ0n) is 25.4. The van der Waals surface area contributed by atoms with Crippen LogP contribution in [0.5, 0.6) is 0 Å². The third-order valence-corrected chi connectivity index (χ3v) is 9.11. The summed E-state index contributed by atoms with van der Waals surface area (Å²) in [5.74, 6) is -94.1. The predicted octanol–water partition coefficient (Wildman–Crippen LogP) is 6.58. The third-order valence-electron chi connectivity index (χ3n) is 7.16. The van der Waals surface area contributed by atoms with E-state index in [-0.39, 0.29) is 11.0 Å². The van der Waals surface area contributed by atoms with E-state index in [9.17, 15) is 118 Å². The van der Waals surface area contributed by atoms with Gasteiger partial charge in [0.25, 0.3) is 10.0 Å². The molecule has 0 saturated carbocycles. The van der Waals surface area contributed by atoms with Gasteiger partial charge in [-0.15, -0.1) is 0 Å². The quantitative estimate of drug-likeness (QED) is 0.107. The number of aliphatic hydroxyl groups is 2. The number of halogens is 25. The van der Waals surface area contributed by atoms with Crippen molar-refractivity contribution in [2.24, 2.45) is 0 Å². The van der Waals surface area contributed by atoms with E-state index in [1.54, 1.807) is 0 Å². The number of sulfonamides is 1. The van der Waals surface area contributed by atoms with Crippen LogP contribution < -0.4 is 0 Å². The zero-order chi connectivity index (χ0) is 43.5. The first-order valence-electron chi connectivity index (χ1n) is 13.0. The molecule has 6 nitrogen and oxygen atoms in total. The lowest BCUT2D eigenvalue weighted by Gasteiger charge is -2.45. The monoisotopic (exact) mass is 873 g/mol. The van der Waals surface area contributed by atoms with Gasteiger partial charge in [-0.1, -0.05) is 0 Å². The van der Waals surface area contributed by atoms with Gasteiger partial charge >= 0.3 is 70.7 Å². The number of hydrogen-bond acceptors (Lipinski definition) is 4. The van der Waals surface area contributed by atoms with Crippen molar-refractivity contribution < 1.29 is 133 Å². The molecule has 0 aromatic carbocycles. The van der Waals surface area contributed by atoms with Crippen LogP contribution in [0.1, 0.15) is 6.42 Å². The molecule has 0 aromatic rings. The van der Waals surface area contributed by atoms with Gasteiger partial charge in [0.15, 0.2) is 0 Å². The molecule has 0 aliphatic heterocycles. The fraction of sp³-hybridized carbons (Fsp3) is 1.00. The topological polar surface area (TPSA) is 77.8 Å². The second-order valence-electron chi connectivity index (χ2n) is 11.3. The summed E-state index contributed by atoms with van der Waals surface area (Å²) < 4.78 is 365. The van der Waals surface area contributed by atoms with E-state index in [1.165, 1.54) is 14.1 Å². The van der Waals surface area contributed by atoms with Gasteiger partial charge in [-0.05, 0) is 0 Å². The maximum absolute atomic E-state index is 14.6. The van der Waals surface area contributed by atoms with E-state index in [2.05, 4.69) is 0 Å². The van der Waals surface area contributed by atoms with Gasteiger partial charge in [0.05, 0.1) is 33.9 Å². The van der Waals surface area contributed by atoms with Gasteiger partial charge in [-0.3, -0.25) is 0 Å². The Kier molecular flexibility index (Phi) is 13.7. The van der Waals surface area contributed by atoms with Crippen LogP contribution in [0.2, 0.25) is 0 Å². The largest absolute Gasteiger partial charge is 0.460 e. The van der Waals surface area contributed by atoms with Crippen LogP contribution in [-0.2, 0) is 10.0 Å². The molecule has 0 aliphatic rings. The smallest absolute Gasteiger partial charge is 0.395 e. The highest BCUT2D eigenvalue weighted by molar-refractivity contribution is 7.90. The van der Waals surface area contributed by atoms with Gasteiger partial charge in [0.2, 0.25) is 0 Å². The molecule has 0 amide bonds. The maximum Gasteiger partial charge on any atom is 0.460 e. The van der Waals surface area contributed by atoms with E-state index >= 15 is 0 Å². The van der Waals surface area contributed by atoms with Crippen LogP contribution in [0.25, 0.3) is 0 Å². The van der Waals surface area contributed by atoms with Crippen molar-refractivity contribution in [1.29, 1.82) is 0 Å². The summed E-state index contributed by atoms with van der Waals surface area (Å²) in [6, 6.07) is 0. The molecular formula is C21H22F25N2O4S+. The van der Waals surface area contributed by atoms with Crippen molar-refractivity contribution in [3.63, 3.8) is 0 Å². The van der Waals surface area contributed by atoms with Crippen molar-refractivity contribution in [2.75, 3.05) is 53.5 Å². The summed E-state index contributed by atoms with van der Waals surface area (Å²) in [7, 11) is -5.38. The molecule has 0 rings (SSSR count). The molecule has 32 heteroatoms. The average Bonchev–Trinajstić information content (AvgIpc) is 2.94. The molecule has 0 fully saturated rings. The van der Waals surface area contributed by atoms with E-state index < -0.39 is 124 Å². The molecule has 0 radical (unpaired) electrons. The minimum absolute atomic E-state index is 0.230. The number of quaternary nitrogens is 1. The predicted molar refractivity (Wildman–Crippen MR) is 122 cm³/mol. The highest BCUT2D eigenvalue weighted by Gasteiger charge is 3.00. The molecule has 0 aromatic heterocycles. The van der Waals surface area contributed by atoms with Crippen molar-refractivity contribution in [2.45, 2.75) is 77.1 Å². The molecule has 320 valence electrons. The Labute approximate surface area is 278 Å². The number of likely N-dealkylation sites (N-methyl/N-ethyl adjacent to an activating group) is 1. The van der Waals surface area contributed by atoms with Crippen molar-refractivity contribution in [1.82, 2.24) is 4.31 Å². The molecule has 0 spiro atoms. The summed E-state index contributed by atoms with van der Waals surface area (Å²) >= 11 is 0. The first-order valence-corrected chi connectivity index (χ1v) is 14.4. The van der Waals surface area contributed by atoms with Crippen molar-refractivity contribution >= 4 is 10.0 Å². The standard InChI is InChI=1S/C21H22F25N2O4S/c1-48(2,7-9-50)6-3-4-47(5-8-49)53(51,52)21(45,46)19(40,41)17(36,37)15(32,33)13(28,29)11(24,25)10(22,23)12(26,27)14(30,31)16(34,35)18(38,39)20(42,43)44/h49-50H,3-9H2,1-2H3/q+1. The van der Waals surface area contributed by atoms with Crippen molar-refractivity contribution in [3.05, 3.63) is 0 Å². The first kappa shape index (κ1) is 51.0. The molecule has 0 heterocycles. The summed E-state index contributed by atoms with van der Waals surface area (Å²) in [6.07, 6.45) is -9.11.